The van der Waals surface area contributed by atoms with Crippen LogP contribution in [0.25, 0.3) is 22.1 Å². The third kappa shape index (κ3) is 4.27. The maximum absolute atomic E-state index is 6.18. The van der Waals surface area contributed by atoms with Gasteiger partial charge in [-0.3, -0.25) is 0 Å². The molecule has 0 spiro atoms. The molecule has 5 aromatic rings. The molecule has 0 bridgehead atoms. The SMILES string of the molecule is CCn1cnc2cc(Oc3ccc(Nc4ncnc5cnc(N6CCOCC6)nc45)cc3C)ccc21. The number of aryl methyl sites for hydroxylation is 2. The summed E-state index contributed by atoms with van der Waals surface area (Å²) in [6.07, 6.45) is 5.11. The Hall–Kier alpha value is -4.31. The number of rotatable bonds is 6. The highest BCUT2D eigenvalue weighted by molar-refractivity contribution is 5.87. The van der Waals surface area contributed by atoms with E-state index < -0.39 is 0 Å². The van der Waals surface area contributed by atoms with Crippen LogP contribution in [0.1, 0.15) is 12.5 Å². The average molecular weight is 483 g/mol. The van der Waals surface area contributed by atoms with Gasteiger partial charge in [0, 0.05) is 31.4 Å². The Morgan fingerprint density at radius 1 is 1.00 bits per heavy atom. The molecular weight excluding hydrogens is 456 g/mol. The van der Waals surface area contributed by atoms with Crippen molar-refractivity contribution in [1.29, 1.82) is 0 Å². The summed E-state index contributed by atoms with van der Waals surface area (Å²) in [6.45, 7) is 7.85. The molecule has 2 aromatic carbocycles. The Kier molecular flexibility index (Phi) is 5.78. The number of hydrogen-bond donors (Lipinski definition) is 1. The van der Waals surface area contributed by atoms with Crippen molar-refractivity contribution in [3.8, 4) is 11.5 Å². The van der Waals surface area contributed by atoms with E-state index in [1.165, 1.54) is 6.33 Å². The van der Waals surface area contributed by atoms with Gasteiger partial charge in [-0.05, 0) is 49.7 Å². The van der Waals surface area contributed by atoms with Crippen LogP contribution in [0.4, 0.5) is 17.5 Å². The lowest BCUT2D eigenvalue weighted by Gasteiger charge is -2.26. The van der Waals surface area contributed by atoms with Gasteiger partial charge in [-0.2, -0.15) is 0 Å². The molecule has 0 radical (unpaired) electrons. The zero-order valence-corrected chi connectivity index (χ0v) is 20.2. The first kappa shape index (κ1) is 22.2. The standard InChI is InChI=1S/C26H26N8O2/c1-3-33-16-30-20-13-19(5-6-22(20)33)36-23-7-4-18(12-17(23)2)31-25-24-21(28-15-29-25)14-27-26(32-24)34-8-10-35-11-9-34/h4-7,12-16H,3,8-11H2,1-2H3,(H,28,29,31). The van der Waals surface area contributed by atoms with Gasteiger partial charge < -0.3 is 24.3 Å². The minimum atomic E-state index is 0.627. The van der Waals surface area contributed by atoms with Crippen molar-refractivity contribution < 1.29 is 9.47 Å². The maximum Gasteiger partial charge on any atom is 0.226 e. The highest BCUT2D eigenvalue weighted by Crippen LogP contribution is 2.31. The molecule has 0 unspecified atom stereocenters. The fraction of sp³-hybridized carbons (Fsp3) is 0.269. The first-order valence-electron chi connectivity index (χ1n) is 12.0. The summed E-state index contributed by atoms with van der Waals surface area (Å²) in [7, 11) is 0. The highest BCUT2D eigenvalue weighted by atomic mass is 16.5. The number of nitrogens with one attached hydrogen (secondary N) is 1. The number of aromatic nitrogens is 6. The van der Waals surface area contributed by atoms with E-state index in [1.807, 2.05) is 49.6 Å². The zero-order chi connectivity index (χ0) is 24.5. The third-order valence-corrected chi connectivity index (χ3v) is 6.26. The summed E-state index contributed by atoms with van der Waals surface area (Å²) in [5.41, 5.74) is 5.23. The third-order valence-electron chi connectivity index (χ3n) is 6.26. The van der Waals surface area contributed by atoms with E-state index in [-0.39, 0.29) is 0 Å². The Balaban J connectivity index is 1.24. The normalized spacial score (nSPS) is 13.9. The lowest BCUT2D eigenvalue weighted by atomic mass is 10.2. The van der Waals surface area contributed by atoms with Crippen molar-refractivity contribution in [1.82, 2.24) is 29.5 Å². The van der Waals surface area contributed by atoms with Crippen molar-refractivity contribution in [2.24, 2.45) is 0 Å². The molecule has 0 amide bonds. The molecule has 36 heavy (non-hydrogen) atoms. The molecule has 1 N–H and O–H groups in total. The number of benzene rings is 2. The quantitative estimate of drug-likeness (QED) is 0.375. The van der Waals surface area contributed by atoms with Crippen molar-refractivity contribution >= 4 is 39.5 Å². The summed E-state index contributed by atoms with van der Waals surface area (Å²) < 4.78 is 13.7. The van der Waals surface area contributed by atoms with Crippen LogP contribution in [0, 0.1) is 6.92 Å². The largest absolute Gasteiger partial charge is 0.457 e. The van der Waals surface area contributed by atoms with Gasteiger partial charge in [0.05, 0.1) is 36.8 Å². The molecule has 0 atom stereocenters. The van der Waals surface area contributed by atoms with E-state index in [0.29, 0.717) is 36.0 Å². The molecule has 1 saturated heterocycles. The fourth-order valence-corrected chi connectivity index (χ4v) is 4.32. The van der Waals surface area contributed by atoms with Crippen LogP contribution in [0.15, 0.2) is 55.2 Å². The van der Waals surface area contributed by atoms with Gasteiger partial charge in [0.25, 0.3) is 0 Å². The molecule has 3 aromatic heterocycles. The number of imidazole rings is 1. The fourth-order valence-electron chi connectivity index (χ4n) is 4.32. The number of hydrogen-bond acceptors (Lipinski definition) is 9. The van der Waals surface area contributed by atoms with Gasteiger partial charge in [-0.1, -0.05) is 0 Å². The Bertz CT molecular complexity index is 1540. The van der Waals surface area contributed by atoms with E-state index in [0.717, 1.165) is 53.4 Å². The summed E-state index contributed by atoms with van der Waals surface area (Å²) >= 11 is 0. The molecule has 1 aliphatic heterocycles. The van der Waals surface area contributed by atoms with Crippen LogP contribution in [0.5, 0.6) is 11.5 Å². The van der Waals surface area contributed by atoms with Gasteiger partial charge in [-0.15, -0.1) is 0 Å². The zero-order valence-electron chi connectivity index (χ0n) is 20.2. The van der Waals surface area contributed by atoms with Crippen LogP contribution in [0.3, 0.4) is 0 Å². The highest BCUT2D eigenvalue weighted by Gasteiger charge is 2.16. The smallest absolute Gasteiger partial charge is 0.226 e. The Morgan fingerprint density at radius 3 is 2.72 bits per heavy atom. The van der Waals surface area contributed by atoms with Crippen LogP contribution >= 0.6 is 0 Å². The van der Waals surface area contributed by atoms with Gasteiger partial charge in [-0.25, -0.2) is 24.9 Å². The Labute approximate surface area is 208 Å². The number of ether oxygens (including phenoxy) is 2. The minimum Gasteiger partial charge on any atom is -0.457 e. The Morgan fingerprint density at radius 2 is 1.89 bits per heavy atom. The van der Waals surface area contributed by atoms with Gasteiger partial charge in [0.2, 0.25) is 5.95 Å². The maximum atomic E-state index is 6.18. The molecule has 0 aliphatic carbocycles. The minimum absolute atomic E-state index is 0.627. The van der Waals surface area contributed by atoms with Gasteiger partial charge >= 0.3 is 0 Å². The van der Waals surface area contributed by atoms with Crippen molar-refractivity contribution in [2.75, 3.05) is 36.5 Å². The van der Waals surface area contributed by atoms with Crippen molar-refractivity contribution in [2.45, 2.75) is 20.4 Å². The molecule has 182 valence electrons. The van der Waals surface area contributed by atoms with E-state index >= 15 is 0 Å². The lowest BCUT2D eigenvalue weighted by molar-refractivity contribution is 0.122. The summed E-state index contributed by atoms with van der Waals surface area (Å²) in [4.78, 5) is 24.6. The topological polar surface area (TPSA) is 103 Å². The summed E-state index contributed by atoms with van der Waals surface area (Å²) in [5, 5.41) is 3.39. The van der Waals surface area contributed by atoms with E-state index in [4.69, 9.17) is 14.5 Å². The molecule has 4 heterocycles. The van der Waals surface area contributed by atoms with Crippen molar-refractivity contribution in [3.63, 3.8) is 0 Å². The first-order chi connectivity index (χ1) is 17.7. The van der Waals surface area contributed by atoms with E-state index in [1.54, 1.807) is 6.20 Å². The monoisotopic (exact) mass is 482 g/mol. The second-order valence-corrected chi connectivity index (χ2v) is 8.61. The number of nitrogens with zero attached hydrogens (tertiary/aromatic N) is 7. The molecule has 1 fully saturated rings. The van der Waals surface area contributed by atoms with Crippen LogP contribution in [-0.2, 0) is 11.3 Å². The first-order valence-corrected chi connectivity index (χ1v) is 12.0. The lowest BCUT2D eigenvalue weighted by Crippen LogP contribution is -2.37. The second kappa shape index (κ2) is 9.38. The van der Waals surface area contributed by atoms with Gasteiger partial charge in [0.1, 0.15) is 28.9 Å². The molecule has 10 heteroatoms. The predicted molar refractivity (Wildman–Crippen MR) is 138 cm³/mol. The molecule has 10 nitrogen and oxygen atoms in total. The van der Waals surface area contributed by atoms with Crippen LogP contribution < -0.4 is 15.0 Å². The molecule has 0 saturated carbocycles. The van der Waals surface area contributed by atoms with Gasteiger partial charge in [0.15, 0.2) is 5.82 Å². The van der Waals surface area contributed by atoms with Crippen LogP contribution in [-0.4, -0.2) is 55.8 Å². The van der Waals surface area contributed by atoms with Crippen LogP contribution in [0.2, 0.25) is 0 Å². The number of morpholine rings is 1. The predicted octanol–water partition coefficient (Wildman–Crippen LogP) is 4.47. The number of fused-ring (bicyclic) bond motifs is 2. The molecular formula is C26H26N8O2. The van der Waals surface area contributed by atoms with E-state index in [9.17, 15) is 0 Å². The summed E-state index contributed by atoms with van der Waals surface area (Å²) in [6, 6.07) is 11.9. The molecule has 1 aliphatic rings. The molecule has 6 rings (SSSR count). The average Bonchev–Trinajstić information content (AvgIpc) is 3.33. The second-order valence-electron chi connectivity index (χ2n) is 8.61. The van der Waals surface area contributed by atoms with Crippen molar-refractivity contribution in [3.05, 3.63) is 60.8 Å². The summed E-state index contributed by atoms with van der Waals surface area (Å²) in [5.74, 6) is 2.81. The van der Waals surface area contributed by atoms with E-state index in [2.05, 4.69) is 41.6 Å². The number of anilines is 3.